The Balaban J connectivity index is 2.57. The Morgan fingerprint density at radius 3 is 2.62 bits per heavy atom. The topological polar surface area (TPSA) is 106 Å². The van der Waals surface area contributed by atoms with Crippen molar-refractivity contribution in [3.05, 3.63) is 5.69 Å². The minimum atomic E-state index is 0.208. The molecule has 7 heteroatoms. The molecule has 0 spiro atoms. The van der Waals surface area contributed by atoms with Gasteiger partial charge in [-0.2, -0.15) is 9.36 Å². The average Bonchev–Trinajstić information content (AvgIpc) is 2.60. The zero-order valence-corrected chi connectivity index (χ0v) is 7.72. The molecule has 0 amide bonds. The van der Waals surface area contributed by atoms with E-state index in [1.54, 1.807) is 0 Å². The first kappa shape index (κ1) is 7.99. The third kappa shape index (κ3) is 1.22. The van der Waals surface area contributed by atoms with E-state index in [9.17, 15) is 0 Å². The first-order valence-electron chi connectivity index (χ1n) is 3.58. The van der Waals surface area contributed by atoms with Crippen LogP contribution in [0.25, 0.3) is 11.4 Å². The molecule has 0 saturated carbocycles. The van der Waals surface area contributed by atoms with Gasteiger partial charge in [-0.25, -0.2) is 0 Å². The summed E-state index contributed by atoms with van der Waals surface area (Å²) < 4.78 is 4.09. The van der Waals surface area contributed by atoms with Gasteiger partial charge in [0.05, 0.1) is 11.3 Å². The lowest BCUT2D eigenvalue weighted by Crippen LogP contribution is -1.89. The Kier molecular flexibility index (Phi) is 1.66. The number of aromatic nitrogens is 4. The van der Waals surface area contributed by atoms with E-state index in [1.165, 1.54) is 11.5 Å². The van der Waals surface area contributed by atoms with Gasteiger partial charge >= 0.3 is 0 Å². The van der Waals surface area contributed by atoms with Gasteiger partial charge in [-0.3, -0.25) is 5.10 Å². The normalized spacial score (nSPS) is 10.5. The number of hydrogen-bond acceptors (Lipinski definition) is 6. The number of anilines is 2. The number of nitrogens with one attached hydrogen (secondary N) is 1. The molecule has 0 bridgehead atoms. The van der Waals surface area contributed by atoms with E-state index in [0.29, 0.717) is 10.8 Å². The van der Waals surface area contributed by atoms with Crippen molar-refractivity contribution in [2.75, 3.05) is 11.5 Å². The third-order valence-electron chi connectivity index (χ3n) is 1.63. The fourth-order valence-electron chi connectivity index (χ4n) is 1.06. The summed E-state index contributed by atoms with van der Waals surface area (Å²) in [5.41, 5.74) is 12.7. The molecule has 2 aromatic rings. The summed E-state index contributed by atoms with van der Waals surface area (Å²) in [5, 5.41) is 7.03. The predicted molar refractivity (Wildman–Crippen MR) is 51.1 cm³/mol. The molecule has 0 aliphatic rings. The lowest BCUT2D eigenvalue weighted by molar-refractivity contribution is 1.10. The summed E-state index contributed by atoms with van der Waals surface area (Å²) in [6.45, 7) is 1.86. The van der Waals surface area contributed by atoms with Crippen molar-refractivity contribution in [3.63, 3.8) is 0 Å². The summed E-state index contributed by atoms with van der Waals surface area (Å²) in [6, 6.07) is 0. The van der Waals surface area contributed by atoms with Crippen LogP contribution in [0.4, 0.5) is 10.9 Å². The number of hydrogen-bond donors (Lipinski definition) is 3. The van der Waals surface area contributed by atoms with E-state index < -0.39 is 0 Å². The summed E-state index contributed by atoms with van der Waals surface area (Å²) in [4.78, 5) is 3.97. The van der Waals surface area contributed by atoms with E-state index in [4.69, 9.17) is 11.5 Å². The highest BCUT2D eigenvalue weighted by molar-refractivity contribution is 7.10. The molecule has 0 unspecified atom stereocenters. The number of nitrogens with zero attached hydrogens (tertiary/aromatic N) is 3. The van der Waals surface area contributed by atoms with Gasteiger partial charge in [0, 0.05) is 0 Å². The Hall–Kier alpha value is -1.63. The Morgan fingerprint density at radius 1 is 1.38 bits per heavy atom. The minimum absolute atomic E-state index is 0.208. The summed E-state index contributed by atoms with van der Waals surface area (Å²) in [5.74, 6) is 0.779. The molecule has 2 aromatic heterocycles. The molecule has 5 N–H and O–H groups in total. The molecule has 13 heavy (non-hydrogen) atoms. The SMILES string of the molecule is Cc1nsc(N)c1-c1nc(N)n[nH]1. The fraction of sp³-hybridized carbons (Fsp3) is 0.167. The van der Waals surface area contributed by atoms with Gasteiger partial charge in [-0.05, 0) is 18.5 Å². The molecular formula is C6H8N6S. The quantitative estimate of drug-likeness (QED) is 0.612. The second kappa shape index (κ2) is 2.70. The highest BCUT2D eigenvalue weighted by Gasteiger charge is 2.13. The Bertz CT molecular complexity index is 411. The van der Waals surface area contributed by atoms with Gasteiger partial charge in [-0.1, -0.05) is 0 Å². The van der Waals surface area contributed by atoms with Crippen molar-refractivity contribution in [3.8, 4) is 11.4 Å². The highest BCUT2D eigenvalue weighted by Crippen LogP contribution is 2.29. The Labute approximate surface area is 78.2 Å². The van der Waals surface area contributed by atoms with Crippen LogP contribution < -0.4 is 11.5 Å². The second-order valence-electron chi connectivity index (χ2n) is 2.55. The molecule has 0 atom stereocenters. The maximum absolute atomic E-state index is 5.71. The lowest BCUT2D eigenvalue weighted by atomic mass is 10.2. The first-order chi connectivity index (χ1) is 6.18. The molecule has 0 radical (unpaired) electrons. The summed E-state index contributed by atoms with van der Waals surface area (Å²) in [7, 11) is 0. The average molecular weight is 196 g/mol. The zero-order chi connectivity index (χ0) is 9.42. The maximum atomic E-state index is 5.71. The van der Waals surface area contributed by atoms with Gasteiger partial charge in [0.2, 0.25) is 5.95 Å². The molecule has 2 heterocycles. The fourth-order valence-corrected chi connectivity index (χ4v) is 1.72. The molecule has 0 fully saturated rings. The van der Waals surface area contributed by atoms with E-state index in [-0.39, 0.29) is 5.95 Å². The molecule has 6 nitrogen and oxygen atoms in total. The van der Waals surface area contributed by atoms with Crippen molar-refractivity contribution in [2.24, 2.45) is 0 Å². The number of rotatable bonds is 1. The van der Waals surface area contributed by atoms with Crippen LogP contribution in [0.3, 0.4) is 0 Å². The smallest absolute Gasteiger partial charge is 0.239 e. The first-order valence-corrected chi connectivity index (χ1v) is 4.36. The van der Waals surface area contributed by atoms with Crippen molar-refractivity contribution >= 4 is 22.5 Å². The maximum Gasteiger partial charge on any atom is 0.239 e. The van der Waals surface area contributed by atoms with E-state index in [1.807, 2.05) is 6.92 Å². The van der Waals surface area contributed by atoms with Gasteiger partial charge in [0.15, 0.2) is 5.82 Å². The van der Waals surface area contributed by atoms with Gasteiger partial charge in [-0.15, -0.1) is 5.10 Å². The van der Waals surface area contributed by atoms with Crippen molar-refractivity contribution in [2.45, 2.75) is 6.92 Å². The summed E-state index contributed by atoms with van der Waals surface area (Å²) >= 11 is 1.23. The largest absolute Gasteiger partial charge is 0.389 e. The van der Waals surface area contributed by atoms with Crippen LogP contribution in [0.1, 0.15) is 5.69 Å². The van der Waals surface area contributed by atoms with Crippen molar-refractivity contribution in [1.29, 1.82) is 0 Å². The lowest BCUT2D eigenvalue weighted by Gasteiger charge is -1.92. The number of aryl methyl sites for hydroxylation is 1. The Morgan fingerprint density at radius 2 is 2.15 bits per heavy atom. The van der Waals surface area contributed by atoms with Crippen LogP contribution in [0, 0.1) is 6.92 Å². The predicted octanol–water partition coefficient (Wildman–Crippen LogP) is 0.401. The van der Waals surface area contributed by atoms with E-state index >= 15 is 0 Å². The van der Waals surface area contributed by atoms with Gasteiger partial charge in [0.1, 0.15) is 5.00 Å². The third-order valence-corrected chi connectivity index (χ3v) is 2.39. The van der Waals surface area contributed by atoms with Gasteiger partial charge < -0.3 is 11.5 Å². The number of nitrogens with two attached hydrogens (primary N) is 2. The van der Waals surface area contributed by atoms with Crippen molar-refractivity contribution in [1.82, 2.24) is 19.6 Å². The minimum Gasteiger partial charge on any atom is -0.389 e. The van der Waals surface area contributed by atoms with E-state index in [2.05, 4.69) is 19.6 Å². The number of aromatic amines is 1. The molecular weight excluding hydrogens is 188 g/mol. The molecule has 68 valence electrons. The number of nitrogen functional groups attached to an aromatic ring is 2. The molecule has 0 saturated heterocycles. The molecule has 0 aromatic carbocycles. The van der Waals surface area contributed by atoms with Crippen LogP contribution in [0.15, 0.2) is 0 Å². The van der Waals surface area contributed by atoms with E-state index in [0.717, 1.165) is 11.3 Å². The standard InChI is InChI=1S/C6H8N6S/c1-2-3(4(7)13-12-2)5-9-6(8)11-10-5/h7H2,1H3,(H3,8,9,10,11). The number of H-pyrrole nitrogens is 1. The molecule has 0 aliphatic heterocycles. The molecule has 0 aliphatic carbocycles. The van der Waals surface area contributed by atoms with Crippen LogP contribution >= 0.6 is 11.5 Å². The molecule has 2 rings (SSSR count). The van der Waals surface area contributed by atoms with Crippen LogP contribution in [0.5, 0.6) is 0 Å². The van der Waals surface area contributed by atoms with Crippen LogP contribution in [0.2, 0.25) is 0 Å². The van der Waals surface area contributed by atoms with Crippen LogP contribution in [-0.2, 0) is 0 Å². The summed E-state index contributed by atoms with van der Waals surface area (Å²) in [6.07, 6.45) is 0. The second-order valence-corrected chi connectivity index (χ2v) is 3.35. The highest BCUT2D eigenvalue weighted by atomic mass is 32.1. The van der Waals surface area contributed by atoms with Gasteiger partial charge in [0.25, 0.3) is 0 Å². The van der Waals surface area contributed by atoms with Crippen molar-refractivity contribution < 1.29 is 0 Å². The monoisotopic (exact) mass is 196 g/mol. The zero-order valence-electron chi connectivity index (χ0n) is 6.90. The van der Waals surface area contributed by atoms with Crippen LogP contribution in [-0.4, -0.2) is 19.6 Å².